The van der Waals surface area contributed by atoms with Crippen molar-refractivity contribution in [3.05, 3.63) is 0 Å². The topological polar surface area (TPSA) is 93.1 Å². The fourth-order valence-electron chi connectivity index (χ4n) is 2.58. The van der Waals surface area contributed by atoms with Crippen LogP contribution in [0.25, 0.3) is 0 Å². The van der Waals surface area contributed by atoms with Crippen molar-refractivity contribution in [3.63, 3.8) is 0 Å². The van der Waals surface area contributed by atoms with Crippen molar-refractivity contribution < 1.29 is 19.8 Å². The molecule has 0 aliphatic carbocycles. The lowest BCUT2D eigenvalue weighted by Crippen LogP contribution is -2.49. The van der Waals surface area contributed by atoms with E-state index in [1.165, 1.54) is 4.90 Å². The Bertz CT molecular complexity index is 349. The van der Waals surface area contributed by atoms with Crippen molar-refractivity contribution in [1.29, 1.82) is 0 Å². The van der Waals surface area contributed by atoms with Crippen molar-refractivity contribution >= 4 is 12.0 Å². The first-order valence-corrected chi connectivity index (χ1v) is 6.14. The Morgan fingerprint density at radius 2 is 2.06 bits per heavy atom. The molecule has 2 rings (SSSR count). The van der Waals surface area contributed by atoms with Gasteiger partial charge in [0.1, 0.15) is 6.04 Å². The Balaban J connectivity index is 1.93. The second-order valence-electron chi connectivity index (χ2n) is 5.09. The third kappa shape index (κ3) is 2.73. The number of carbonyl (C=O) groups excluding carboxylic acids is 1. The van der Waals surface area contributed by atoms with E-state index in [0.717, 1.165) is 19.5 Å². The summed E-state index contributed by atoms with van der Waals surface area (Å²) >= 11 is 0. The monoisotopic (exact) mass is 257 g/mol. The Morgan fingerprint density at radius 3 is 2.61 bits per heavy atom. The minimum Gasteiger partial charge on any atom is -0.480 e. The van der Waals surface area contributed by atoms with E-state index in [2.05, 4.69) is 10.2 Å². The number of aliphatic hydroxyl groups is 1. The quantitative estimate of drug-likeness (QED) is 0.585. The Hall–Kier alpha value is -1.34. The molecule has 2 saturated heterocycles. The summed E-state index contributed by atoms with van der Waals surface area (Å²) in [5, 5.41) is 21.3. The summed E-state index contributed by atoms with van der Waals surface area (Å²) < 4.78 is 0. The molecule has 0 aromatic carbocycles. The molecule has 0 saturated carbocycles. The maximum absolute atomic E-state index is 12.0. The molecule has 0 bridgehead atoms. The molecule has 7 nitrogen and oxygen atoms in total. The number of aliphatic hydroxyl groups excluding tert-OH is 1. The lowest BCUT2D eigenvalue weighted by atomic mass is 10.2. The number of aliphatic carboxylic acids is 1. The first kappa shape index (κ1) is 13.1. The molecule has 2 aliphatic rings. The predicted molar refractivity (Wildman–Crippen MR) is 63.2 cm³/mol. The number of nitrogens with one attached hydrogen (secondary N) is 1. The lowest BCUT2D eigenvalue weighted by molar-refractivity contribution is -0.141. The van der Waals surface area contributed by atoms with Gasteiger partial charge in [-0.3, -0.25) is 0 Å². The van der Waals surface area contributed by atoms with Gasteiger partial charge in [0.15, 0.2) is 0 Å². The number of likely N-dealkylation sites (N-methyl/N-ethyl adjacent to an activating group) is 1. The number of nitrogens with zero attached hydrogens (tertiary/aromatic N) is 2. The summed E-state index contributed by atoms with van der Waals surface area (Å²) in [6, 6.07) is -1.24. The minimum atomic E-state index is -1.06. The SMILES string of the molecule is CN1CCC(NC(=O)N2CC(O)C[C@H]2C(=O)O)C1. The Labute approximate surface area is 105 Å². The maximum Gasteiger partial charge on any atom is 0.326 e. The molecule has 0 aromatic heterocycles. The number of carboxylic acid groups (broad SMARTS) is 1. The lowest BCUT2D eigenvalue weighted by Gasteiger charge is -2.23. The van der Waals surface area contributed by atoms with Crippen LogP contribution in [0.4, 0.5) is 4.79 Å². The van der Waals surface area contributed by atoms with Crippen molar-refractivity contribution in [3.8, 4) is 0 Å². The van der Waals surface area contributed by atoms with Gasteiger partial charge in [0.2, 0.25) is 0 Å². The molecule has 0 spiro atoms. The maximum atomic E-state index is 12.0. The van der Waals surface area contributed by atoms with Gasteiger partial charge in [0, 0.05) is 25.6 Å². The number of likely N-dealkylation sites (tertiary alicyclic amines) is 2. The second kappa shape index (κ2) is 5.11. The van der Waals surface area contributed by atoms with E-state index in [1.54, 1.807) is 0 Å². The molecule has 7 heteroatoms. The van der Waals surface area contributed by atoms with Crippen molar-refractivity contribution in [2.75, 3.05) is 26.7 Å². The Morgan fingerprint density at radius 1 is 1.33 bits per heavy atom. The summed E-state index contributed by atoms with van der Waals surface area (Å²) in [6.45, 7) is 1.79. The molecule has 2 heterocycles. The average molecular weight is 257 g/mol. The molecular weight excluding hydrogens is 238 g/mol. The van der Waals surface area contributed by atoms with Crippen LogP contribution in [0.15, 0.2) is 0 Å². The molecule has 2 aliphatic heterocycles. The zero-order valence-corrected chi connectivity index (χ0v) is 10.4. The number of hydrogen-bond acceptors (Lipinski definition) is 4. The third-order valence-corrected chi connectivity index (χ3v) is 3.54. The van der Waals surface area contributed by atoms with Gasteiger partial charge in [-0.15, -0.1) is 0 Å². The number of amides is 2. The smallest absolute Gasteiger partial charge is 0.326 e. The Kier molecular flexibility index (Phi) is 3.72. The number of hydrogen-bond donors (Lipinski definition) is 3. The normalized spacial score (nSPS) is 32.8. The summed E-state index contributed by atoms with van der Waals surface area (Å²) in [4.78, 5) is 26.3. The molecule has 0 aromatic rings. The molecule has 18 heavy (non-hydrogen) atoms. The summed E-state index contributed by atoms with van der Waals surface area (Å²) in [6.07, 6.45) is 0.229. The van der Waals surface area contributed by atoms with E-state index in [0.29, 0.717) is 0 Å². The van der Waals surface area contributed by atoms with E-state index in [-0.39, 0.29) is 25.0 Å². The molecule has 102 valence electrons. The number of β-amino-alcohol motifs (C(OH)–C–C–N with tert-alkyl or cyclic N) is 1. The van der Waals surface area contributed by atoms with Gasteiger partial charge in [-0.05, 0) is 20.0 Å². The van der Waals surface area contributed by atoms with Crippen LogP contribution in [0.2, 0.25) is 0 Å². The number of rotatable bonds is 2. The fourth-order valence-corrected chi connectivity index (χ4v) is 2.58. The van der Waals surface area contributed by atoms with Crippen LogP contribution >= 0.6 is 0 Å². The van der Waals surface area contributed by atoms with Crippen LogP contribution in [0.3, 0.4) is 0 Å². The number of carbonyl (C=O) groups is 2. The van der Waals surface area contributed by atoms with Gasteiger partial charge in [0.25, 0.3) is 0 Å². The summed E-state index contributed by atoms with van der Waals surface area (Å²) in [7, 11) is 1.98. The standard InChI is InChI=1S/C11H19N3O4/c1-13-3-2-7(5-13)12-11(18)14-6-8(15)4-9(14)10(16)17/h7-9,15H,2-6H2,1H3,(H,12,18)(H,16,17)/t7?,8?,9-/m0/s1. The van der Waals surface area contributed by atoms with Gasteiger partial charge in [-0.25, -0.2) is 9.59 Å². The number of urea groups is 1. The van der Waals surface area contributed by atoms with E-state index in [9.17, 15) is 14.7 Å². The fraction of sp³-hybridized carbons (Fsp3) is 0.818. The van der Waals surface area contributed by atoms with E-state index >= 15 is 0 Å². The molecule has 0 radical (unpaired) electrons. The van der Waals surface area contributed by atoms with Crippen LogP contribution in [-0.2, 0) is 4.79 Å². The van der Waals surface area contributed by atoms with E-state index in [1.807, 2.05) is 7.05 Å². The highest BCUT2D eigenvalue weighted by atomic mass is 16.4. The van der Waals surface area contributed by atoms with Gasteiger partial charge in [0.05, 0.1) is 6.10 Å². The molecule has 2 fully saturated rings. The van der Waals surface area contributed by atoms with Crippen molar-refractivity contribution in [1.82, 2.24) is 15.1 Å². The highest BCUT2D eigenvalue weighted by Crippen LogP contribution is 2.18. The van der Waals surface area contributed by atoms with Crippen LogP contribution in [0.1, 0.15) is 12.8 Å². The highest BCUT2D eigenvalue weighted by molar-refractivity contribution is 5.83. The van der Waals surface area contributed by atoms with Gasteiger partial charge >= 0.3 is 12.0 Å². The molecule has 3 N–H and O–H groups in total. The van der Waals surface area contributed by atoms with E-state index in [4.69, 9.17) is 5.11 Å². The summed E-state index contributed by atoms with van der Waals surface area (Å²) in [5.41, 5.74) is 0. The first-order chi connectivity index (χ1) is 8.47. The van der Waals surface area contributed by atoms with Gasteiger partial charge in [-0.2, -0.15) is 0 Å². The van der Waals surface area contributed by atoms with Crippen LogP contribution in [-0.4, -0.2) is 76.9 Å². The predicted octanol–water partition coefficient (Wildman–Crippen LogP) is -1.08. The van der Waals surface area contributed by atoms with Gasteiger partial charge < -0.3 is 25.3 Å². The van der Waals surface area contributed by atoms with Gasteiger partial charge in [-0.1, -0.05) is 0 Å². The molecule has 2 unspecified atom stereocenters. The third-order valence-electron chi connectivity index (χ3n) is 3.54. The second-order valence-corrected chi connectivity index (χ2v) is 5.09. The summed E-state index contributed by atoms with van der Waals surface area (Å²) in [5.74, 6) is -1.06. The highest BCUT2D eigenvalue weighted by Gasteiger charge is 2.39. The van der Waals surface area contributed by atoms with Crippen LogP contribution in [0, 0.1) is 0 Å². The van der Waals surface area contributed by atoms with Crippen LogP contribution in [0.5, 0.6) is 0 Å². The first-order valence-electron chi connectivity index (χ1n) is 6.14. The van der Waals surface area contributed by atoms with E-state index < -0.39 is 18.1 Å². The zero-order chi connectivity index (χ0) is 13.3. The molecule has 2 amide bonds. The van der Waals surface area contributed by atoms with Crippen LogP contribution < -0.4 is 5.32 Å². The zero-order valence-electron chi connectivity index (χ0n) is 10.4. The largest absolute Gasteiger partial charge is 0.480 e. The van der Waals surface area contributed by atoms with Crippen molar-refractivity contribution in [2.45, 2.75) is 31.0 Å². The average Bonchev–Trinajstić information content (AvgIpc) is 2.85. The number of carboxylic acids is 1. The molecule has 3 atom stereocenters. The van der Waals surface area contributed by atoms with Crippen molar-refractivity contribution in [2.24, 2.45) is 0 Å². The molecular formula is C11H19N3O4. The minimum absolute atomic E-state index is 0.0645.